The summed E-state index contributed by atoms with van der Waals surface area (Å²) in [5.74, 6) is 1.72. The van der Waals surface area contributed by atoms with Gasteiger partial charge in [0.05, 0.1) is 30.3 Å². The van der Waals surface area contributed by atoms with Gasteiger partial charge < -0.3 is 14.0 Å². The first-order valence-electron chi connectivity index (χ1n) is 10.2. The molecular weight excluding hydrogens is 374 g/mol. The number of aromatic nitrogens is 3. The summed E-state index contributed by atoms with van der Waals surface area (Å²) in [5, 5.41) is 1.05. The van der Waals surface area contributed by atoms with E-state index in [9.17, 15) is 0 Å². The summed E-state index contributed by atoms with van der Waals surface area (Å²) in [6.45, 7) is 3.54. The molecule has 30 heavy (non-hydrogen) atoms. The van der Waals surface area contributed by atoms with Crippen LogP contribution >= 0.6 is 0 Å². The first-order valence-corrected chi connectivity index (χ1v) is 10.2. The van der Waals surface area contributed by atoms with Crippen molar-refractivity contribution >= 4 is 33.1 Å². The fourth-order valence-electron chi connectivity index (χ4n) is 3.79. The molecule has 150 valence electrons. The number of nitrogens with zero attached hydrogens (tertiary/aromatic N) is 3. The molecule has 0 fully saturated rings. The number of rotatable bonds is 6. The molecule has 0 aliphatic rings. The molecule has 0 saturated heterocycles. The number of benzene rings is 3. The summed E-state index contributed by atoms with van der Waals surface area (Å²) < 4.78 is 13.4. The van der Waals surface area contributed by atoms with Crippen molar-refractivity contribution < 1.29 is 9.47 Å². The van der Waals surface area contributed by atoms with E-state index in [-0.39, 0.29) is 0 Å². The second kappa shape index (κ2) is 7.67. The fourth-order valence-corrected chi connectivity index (χ4v) is 3.79. The number of hydrogen-bond acceptors (Lipinski definition) is 4. The maximum absolute atomic E-state index is 5.72. The van der Waals surface area contributed by atoms with Crippen molar-refractivity contribution in [3.05, 3.63) is 72.3 Å². The fraction of sp³-hybridized carbons (Fsp3) is 0.200. The number of hydrogen-bond donors (Lipinski definition) is 0. The first kappa shape index (κ1) is 18.4. The second-order valence-corrected chi connectivity index (χ2v) is 7.35. The summed E-state index contributed by atoms with van der Waals surface area (Å²) in [6.07, 6.45) is 0.999. The van der Waals surface area contributed by atoms with E-state index in [0.29, 0.717) is 6.54 Å². The van der Waals surface area contributed by atoms with Gasteiger partial charge in [-0.25, -0.2) is 9.97 Å². The zero-order valence-electron chi connectivity index (χ0n) is 17.1. The van der Waals surface area contributed by atoms with Crippen LogP contribution in [0.5, 0.6) is 11.5 Å². The molecule has 0 atom stereocenters. The van der Waals surface area contributed by atoms with E-state index in [0.717, 1.165) is 57.6 Å². The molecule has 0 radical (unpaired) electrons. The molecular formula is C25H23N3O2. The van der Waals surface area contributed by atoms with Crippen LogP contribution in [0.3, 0.4) is 0 Å². The molecule has 5 heteroatoms. The Labute approximate surface area is 174 Å². The number of methoxy groups -OCH3 is 1. The molecule has 0 unspecified atom stereocenters. The van der Waals surface area contributed by atoms with E-state index in [1.807, 2.05) is 48.5 Å². The van der Waals surface area contributed by atoms with Crippen LogP contribution in [0.2, 0.25) is 0 Å². The average Bonchev–Trinajstić information content (AvgIpc) is 3.09. The molecule has 3 aromatic carbocycles. The highest BCUT2D eigenvalue weighted by Crippen LogP contribution is 2.31. The minimum absolute atomic E-state index is 0.702. The Kier molecular flexibility index (Phi) is 4.71. The molecule has 0 bridgehead atoms. The van der Waals surface area contributed by atoms with Crippen LogP contribution in [0, 0.1) is 0 Å². The predicted molar refractivity (Wildman–Crippen MR) is 120 cm³/mol. The molecule has 0 saturated carbocycles. The standard InChI is InChI=1S/C25H23N3O2/c1-3-14-30-18-10-8-17(9-11-18)16-28-23-13-12-19(29-2)15-20(23)24-25(28)27-22-7-5-4-6-21(22)26-24/h4-13,15H,3,14,16H2,1-2H3. The summed E-state index contributed by atoms with van der Waals surface area (Å²) in [6, 6.07) is 22.4. The van der Waals surface area contributed by atoms with Crippen LogP contribution in [-0.2, 0) is 6.54 Å². The zero-order chi connectivity index (χ0) is 20.5. The van der Waals surface area contributed by atoms with Crippen molar-refractivity contribution in [2.75, 3.05) is 13.7 Å². The maximum atomic E-state index is 5.72. The molecule has 2 heterocycles. The molecule has 0 N–H and O–H groups in total. The number of ether oxygens (including phenoxy) is 2. The van der Waals surface area contributed by atoms with Gasteiger partial charge in [0.25, 0.3) is 0 Å². The summed E-state index contributed by atoms with van der Waals surface area (Å²) in [7, 11) is 1.68. The predicted octanol–water partition coefficient (Wildman–Crippen LogP) is 5.58. The summed E-state index contributed by atoms with van der Waals surface area (Å²) in [4.78, 5) is 9.89. The van der Waals surface area contributed by atoms with Crippen LogP contribution < -0.4 is 9.47 Å². The van der Waals surface area contributed by atoms with Gasteiger partial charge in [0.1, 0.15) is 17.0 Å². The van der Waals surface area contributed by atoms with Gasteiger partial charge in [0.15, 0.2) is 5.65 Å². The topological polar surface area (TPSA) is 49.2 Å². The summed E-state index contributed by atoms with van der Waals surface area (Å²) in [5.41, 5.74) is 5.83. The van der Waals surface area contributed by atoms with Crippen molar-refractivity contribution in [1.29, 1.82) is 0 Å². The van der Waals surface area contributed by atoms with Crippen molar-refractivity contribution in [2.45, 2.75) is 19.9 Å². The van der Waals surface area contributed by atoms with Gasteiger partial charge in [-0.1, -0.05) is 31.2 Å². The molecule has 5 aromatic rings. The molecule has 5 nitrogen and oxygen atoms in total. The smallest absolute Gasteiger partial charge is 0.160 e. The SMILES string of the molecule is CCCOc1ccc(Cn2c3ccc(OC)cc3c3nc4ccccc4nc32)cc1. The lowest BCUT2D eigenvalue weighted by Gasteiger charge is -2.09. The van der Waals surface area contributed by atoms with E-state index in [1.165, 1.54) is 5.56 Å². The normalized spacial score (nSPS) is 11.4. The van der Waals surface area contributed by atoms with Gasteiger partial charge in [-0.3, -0.25) is 0 Å². The second-order valence-electron chi connectivity index (χ2n) is 7.35. The van der Waals surface area contributed by atoms with Crippen molar-refractivity contribution in [2.24, 2.45) is 0 Å². The lowest BCUT2D eigenvalue weighted by Crippen LogP contribution is -2.01. The zero-order valence-corrected chi connectivity index (χ0v) is 17.1. The number of fused-ring (bicyclic) bond motifs is 4. The van der Waals surface area contributed by atoms with Crippen LogP contribution in [-0.4, -0.2) is 28.3 Å². The summed E-state index contributed by atoms with van der Waals surface area (Å²) >= 11 is 0. The molecule has 0 amide bonds. The average molecular weight is 397 g/mol. The third-order valence-corrected chi connectivity index (χ3v) is 5.29. The van der Waals surface area contributed by atoms with Gasteiger partial charge in [-0.05, 0) is 54.4 Å². The van der Waals surface area contributed by atoms with Gasteiger partial charge in [0.2, 0.25) is 0 Å². The van der Waals surface area contributed by atoms with Gasteiger partial charge in [-0.2, -0.15) is 0 Å². The lowest BCUT2D eigenvalue weighted by atomic mass is 10.2. The molecule has 0 aliphatic carbocycles. The Morgan fingerprint density at radius 1 is 0.867 bits per heavy atom. The highest BCUT2D eigenvalue weighted by atomic mass is 16.5. The minimum Gasteiger partial charge on any atom is -0.497 e. The van der Waals surface area contributed by atoms with E-state index in [2.05, 4.69) is 29.7 Å². The Morgan fingerprint density at radius 2 is 1.60 bits per heavy atom. The largest absolute Gasteiger partial charge is 0.497 e. The van der Waals surface area contributed by atoms with Crippen LogP contribution in [0.1, 0.15) is 18.9 Å². The quantitative estimate of drug-likeness (QED) is 0.375. The maximum Gasteiger partial charge on any atom is 0.160 e. The third-order valence-electron chi connectivity index (χ3n) is 5.29. The highest BCUT2D eigenvalue weighted by Gasteiger charge is 2.15. The van der Waals surface area contributed by atoms with Crippen LogP contribution in [0.4, 0.5) is 0 Å². The Bertz CT molecular complexity index is 1340. The lowest BCUT2D eigenvalue weighted by molar-refractivity contribution is 0.317. The molecule has 5 rings (SSSR count). The van der Waals surface area contributed by atoms with E-state index in [4.69, 9.17) is 19.4 Å². The molecule has 2 aromatic heterocycles. The van der Waals surface area contributed by atoms with Gasteiger partial charge in [-0.15, -0.1) is 0 Å². The van der Waals surface area contributed by atoms with Crippen LogP contribution in [0.25, 0.3) is 33.1 Å². The van der Waals surface area contributed by atoms with E-state index in [1.54, 1.807) is 7.11 Å². The minimum atomic E-state index is 0.702. The van der Waals surface area contributed by atoms with Crippen LogP contribution in [0.15, 0.2) is 66.7 Å². The number of para-hydroxylation sites is 2. The van der Waals surface area contributed by atoms with E-state index < -0.39 is 0 Å². The molecule has 0 aliphatic heterocycles. The Balaban J connectivity index is 1.66. The first-order chi connectivity index (χ1) is 14.8. The van der Waals surface area contributed by atoms with Crippen molar-refractivity contribution in [3.8, 4) is 11.5 Å². The highest BCUT2D eigenvalue weighted by molar-refractivity contribution is 6.07. The Hall–Kier alpha value is -3.60. The molecule has 0 spiro atoms. The Morgan fingerprint density at radius 3 is 2.33 bits per heavy atom. The van der Waals surface area contributed by atoms with Gasteiger partial charge >= 0.3 is 0 Å². The van der Waals surface area contributed by atoms with Gasteiger partial charge in [0, 0.05) is 11.9 Å². The van der Waals surface area contributed by atoms with Crippen molar-refractivity contribution in [3.63, 3.8) is 0 Å². The van der Waals surface area contributed by atoms with E-state index >= 15 is 0 Å². The van der Waals surface area contributed by atoms with Crippen molar-refractivity contribution in [1.82, 2.24) is 14.5 Å². The third kappa shape index (κ3) is 3.22. The monoisotopic (exact) mass is 397 g/mol.